The fourth-order valence-corrected chi connectivity index (χ4v) is 4.26. The minimum atomic E-state index is -3.96. The highest BCUT2D eigenvalue weighted by Crippen LogP contribution is 2.33. The maximum atomic E-state index is 13.0. The van der Waals surface area contributed by atoms with Crippen molar-refractivity contribution in [1.29, 1.82) is 0 Å². The summed E-state index contributed by atoms with van der Waals surface area (Å²) in [6.07, 6.45) is 0. The highest BCUT2D eigenvalue weighted by atomic mass is 32.2. The van der Waals surface area contributed by atoms with Crippen molar-refractivity contribution in [3.8, 4) is 5.75 Å². The first-order valence-electron chi connectivity index (χ1n) is 8.40. The van der Waals surface area contributed by atoms with Crippen molar-refractivity contribution in [3.05, 3.63) is 89.0 Å². The van der Waals surface area contributed by atoms with Gasteiger partial charge in [-0.15, -0.1) is 0 Å². The van der Waals surface area contributed by atoms with E-state index >= 15 is 0 Å². The number of carbonyl (C=O) groups excluding carboxylic acids is 2. The summed E-state index contributed by atoms with van der Waals surface area (Å²) in [5.41, 5.74) is 0.884. The molecule has 0 heterocycles. The summed E-state index contributed by atoms with van der Waals surface area (Å²) in [6, 6.07) is 16.9. The Bertz CT molecular complexity index is 1210. The molecule has 0 aliphatic heterocycles. The van der Waals surface area contributed by atoms with Crippen LogP contribution in [-0.4, -0.2) is 27.1 Å². The zero-order chi connectivity index (χ0) is 19.9. The molecule has 6 nitrogen and oxygen atoms in total. The standard InChI is InChI=1S/C21H15NO5S/c1-27-13-9-11-14(12-10-13)28(25,26)22-18-8-4-7-17-19(18)21(24)16-6-3-2-5-15(16)20(17)23/h2-12,22H,1H3. The molecule has 0 saturated carbocycles. The van der Waals surface area contributed by atoms with E-state index in [1.807, 2.05) is 0 Å². The summed E-state index contributed by atoms with van der Waals surface area (Å²) < 4.78 is 33.0. The molecule has 0 saturated heterocycles. The smallest absolute Gasteiger partial charge is 0.261 e. The van der Waals surface area contributed by atoms with Crippen LogP contribution in [0, 0.1) is 0 Å². The van der Waals surface area contributed by atoms with Gasteiger partial charge in [-0.25, -0.2) is 8.42 Å². The van der Waals surface area contributed by atoms with Crippen LogP contribution < -0.4 is 9.46 Å². The number of carbonyl (C=O) groups is 2. The van der Waals surface area contributed by atoms with Crippen LogP contribution in [0.5, 0.6) is 5.75 Å². The molecular formula is C21H15NO5S. The number of hydrogen-bond donors (Lipinski definition) is 1. The maximum Gasteiger partial charge on any atom is 0.261 e. The SMILES string of the molecule is COc1ccc(S(=O)(=O)Nc2cccc3c2C(=O)c2ccccc2C3=O)cc1. The molecule has 3 aromatic carbocycles. The van der Waals surface area contributed by atoms with E-state index in [1.165, 1.54) is 43.5 Å². The minimum absolute atomic E-state index is 0.0147. The Hall–Kier alpha value is -3.45. The van der Waals surface area contributed by atoms with Crippen molar-refractivity contribution < 1.29 is 22.7 Å². The second kappa shape index (κ2) is 6.61. The third-order valence-electron chi connectivity index (χ3n) is 4.57. The fourth-order valence-electron chi connectivity index (χ4n) is 3.19. The Morgan fingerprint density at radius 2 is 1.36 bits per heavy atom. The van der Waals surface area contributed by atoms with Gasteiger partial charge in [0.2, 0.25) is 0 Å². The molecule has 0 radical (unpaired) electrons. The van der Waals surface area contributed by atoms with Crippen molar-refractivity contribution in [2.45, 2.75) is 4.90 Å². The molecule has 3 aromatic rings. The molecule has 4 rings (SSSR count). The first-order chi connectivity index (χ1) is 13.4. The fraction of sp³-hybridized carbons (Fsp3) is 0.0476. The number of sulfonamides is 1. The second-order valence-electron chi connectivity index (χ2n) is 6.21. The average Bonchev–Trinajstić information content (AvgIpc) is 2.71. The summed E-state index contributed by atoms with van der Waals surface area (Å²) in [7, 11) is -2.47. The Morgan fingerprint density at radius 3 is 2.00 bits per heavy atom. The van der Waals surface area contributed by atoms with Gasteiger partial charge >= 0.3 is 0 Å². The molecule has 1 N–H and O–H groups in total. The molecule has 140 valence electrons. The summed E-state index contributed by atoms with van der Waals surface area (Å²) in [5, 5.41) is 0. The first kappa shape index (κ1) is 17.9. The molecule has 0 spiro atoms. The topological polar surface area (TPSA) is 89.5 Å². The van der Waals surface area contributed by atoms with Gasteiger partial charge in [-0.05, 0) is 30.3 Å². The Morgan fingerprint density at radius 1 is 0.750 bits per heavy atom. The summed E-state index contributed by atoms with van der Waals surface area (Å²) >= 11 is 0. The van der Waals surface area contributed by atoms with E-state index in [-0.39, 0.29) is 33.1 Å². The van der Waals surface area contributed by atoms with Gasteiger partial charge in [0.05, 0.1) is 23.3 Å². The zero-order valence-corrected chi connectivity index (χ0v) is 15.6. The number of rotatable bonds is 4. The molecule has 0 atom stereocenters. The number of hydrogen-bond acceptors (Lipinski definition) is 5. The number of ketones is 2. The zero-order valence-electron chi connectivity index (χ0n) is 14.8. The predicted molar refractivity (Wildman–Crippen MR) is 104 cm³/mol. The third kappa shape index (κ3) is 2.86. The number of benzene rings is 3. The van der Waals surface area contributed by atoms with Crippen molar-refractivity contribution in [1.82, 2.24) is 0 Å². The van der Waals surface area contributed by atoms with Gasteiger partial charge in [0.1, 0.15) is 5.75 Å². The number of anilines is 1. The molecule has 1 aliphatic carbocycles. The molecule has 7 heteroatoms. The molecule has 1 aliphatic rings. The van der Waals surface area contributed by atoms with E-state index in [0.717, 1.165) is 0 Å². The first-order valence-corrected chi connectivity index (χ1v) is 9.89. The van der Waals surface area contributed by atoms with E-state index in [0.29, 0.717) is 11.3 Å². The Balaban J connectivity index is 1.78. The highest BCUT2D eigenvalue weighted by molar-refractivity contribution is 7.92. The minimum Gasteiger partial charge on any atom is -0.497 e. The van der Waals surface area contributed by atoms with Crippen molar-refractivity contribution in [2.75, 3.05) is 11.8 Å². The van der Waals surface area contributed by atoms with Gasteiger partial charge in [-0.1, -0.05) is 36.4 Å². The van der Waals surface area contributed by atoms with Crippen molar-refractivity contribution in [3.63, 3.8) is 0 Å². The molecule has 0 bridgehead atoms. The molecular weight excluding hydrogens is 378 g/mol. The lowest BCUT2D eigenvalue weighted by molar-refractivity contribution is 0.0979. The Labute approximate surface area is 161 Å². The van der Waals surface area contributed by atoms with Crippen LogP contribution in [0.1, 0.15) is 31.8 Å². The highest BCUT2D eigenvalue weighted by Gasteiger charge is 2.32. The van der Waals surface area contributed by atoms with Crippen LogP contribution in [0.4, 0.5) is 5.69 Å². The summed E-state index contributed by atoms with van der Waals surface area (Å²) in [5.74, 6) is -0.178. The predicted octanol–water partition coefficient (Wildman–Crippen LogP) is 3.27. The molecule has 28 heavy (non-hydrogen) atoms. The van der Waals surface area contributed by atoms with E-state index in [2.05, 4.69) is 4.72 Å². The van der Waals surface area contributed by atoms with Crippen LogP contribution >= 0.6 is 0 Å². The van der Waals surface area contributed by atoms with Crippen molar-refractivity contribution >= 4 is 27.3 Å². The second-order valence-corrected chi connectivity index (χ2v) is 7.90. The Kier molecular flexibility index (Phi) is 4.24. The van der Waals surface area contributed by atoms with Gasteiger partial charge < -0.3 is 4.74 Å². The third-order valence-corrected chi connectivity index (χ3v) is 5.95. The quantitative estimate of drug-likeness (QED) is 0.575. The molecule has 0 fully saturated rings. The average molecular weight is 393 g/mol. The number of fused-ring (bicyclic) bond motifs is 2. The lowest BCUT2D eigenvalue weighted by Gasteiger charge is -2.20. The largest absolute Gasteiger partial charge is 0.497 e. The van der Waals surface area contributed by atoms with Gasteiger partial charge in [0, 0.05) is 16.7 Å². The molecule has 0 unspecified atom stereocenters. The van der Waals surface area contributed by atoms with Crippen LogP contribution in [0.2, 0.25) is 0 Å². The van der Waals surface area contributed by atoms with E-state index < -0.39 is 15.8 Å². The number of methoxy groups -OCH3 is 1. The van der Waals surface area contributed by atoms with E-state index in [1.54, 1.807) is 30.3 Å². The monoisotopic (exact) mass is 393 g/mol. The van der Waals surface area contributed by atoms with E-state index in [4.69, 9.17) is 4.74 Å². The van der Waals surface area contributed by atoms with Gasteiger partial charge in [-0.3, -0.25) is 14.3 Å². The maximum absolute atomic E-state index is 13.0. The molecule has 0 aromatic heterocycles. The van der Waals surface area contributed by atoms with Crippen LogP contribution in [0.3, 0.4) is 0 Å². The van der Waals surface area contributed by atoms with Crippen LogP contribution in [0.25, 0.3) is 0 Å². The van der Waals surface area contributed by atoms with Gasteiger partial charge in [-0.2, -0.15) is 0 Å². The number of ether oxygens (including phenoxy) is 1. The van der Waals surface area contributed by atoms with Gasteiger partial charge in [0.15, 0.2) is 11.6 Å². The lowest BCUT2D eigenvalue weighted by Crippen LogP contribution is -2.24. The normalized spacial score (nSPS) is 12.9. The summed E-state index contributed by atoms with van der Waals surface area (Å²) in [4.78, 5) is 25.8. The lowest BCUT2D eigenvalue weighted by atomic mass is 9.83. The van der Waals surface area contributed by atoms with E-state index in [9.17, 15) is 18.0 Å². The van der Waals surface area contributed by atoms with Crippen LogP contribution in [-0.2, 0) is 10.0 Å². The van der Waals surface area contributed by atoms with Gasteiger partial charge in [0.25, 0.3) is 10.0 Å². The summed E-state index contributed by atoms with van der Waals surface area (Å²) in [6.45, 7) is 0. The molecule has 0 amide bonds. The van der Waals surface area contributed by atoms with Crippen molar-refractivity contribution in [2.24, 2.45) is 0 Å². The number of nitrogens with one attached hydrogen (secondary N) is 1. The van der Waals surface area contributed by atoms with Crippen LogP contribution in [0.15, 0.2) is 71.6 Å².